The van der Waals surface area contributed by atoms with Gasteiger partial charge in [0.2, 0.25) is 0 Å². The van der Waals surface area contributed by atoms with Crippen LogP contribution in [0.1, 0.15) is 26.3 Å². The summed E-state index contributed by atoms with van der Waals surface area (Å²) in [5.41, 5.74) is 2.09. The summed E-state index contributed by atoms with van der Waals surface area (Å²) < 4.78 is 46.0. The van der Waals surface area contributed by atoms with E-state index < -0.39 is 32.0 Å². The van der Waals surface area contributed by atoms with Crippen LogP contribution in [0.2, 0.25) is 0 Å². The van der Waals surface area contributed by atoms with Crippen LogP contribution in [0, 0.1) is 6.92 Å². The number of rotatable bonds is 11. The number of nitrogens with zero attached hydrogens (tertiary/aromatic N) is 2. The van der Waals surface area contributed by atoms with Crippen LogP contribution >= 0.6 is 10.3 Å². The van der Waals surface area contributed by atoms with Gasteiger partial charge in [0.1, 0.15) is 11.4 Å². The summed E-state index contributed by atoms with van der Waals surface area (Å²) in [5.74, 6) is -0.0524. The molecule has 0 N–H and O–H groups in total. The fraction of sp³-hybridized carbons (Fsp3) is 0.286. The maximum absolute atomic E-state index is 14.2. The Morgan fingerprint density at radius 2 is 1.18 bits per heavy atom. The quantitative estimate of drug-likeness (QED) is 0.155. The highest BCUT2D eigenvalue weighted by Crippen LogP contribution is 2.71. The minimum Gasteiger partial charge on any atom is -0.482 e. The van der Waals surface area contributed by atoms with Gasteiger partial charge in [-0.25, -0.2) is 8.42 Å². The van der Waals surface area contributed by atoms with Crippen molar-refractivity contribution in [2.45, 2.75) is 52.9 Å². The molecule has 0 bridgehead atoms. The van der Waals surface area contributed by atoms with Crippen LogP contribution in [0.5, 0.6) is 5.75 Å². The number of benzene rings is 4. The molecular weight excluding hydrogens is 609 g/mol. The fourth-order valence-corrected chi connectivity index (χ4v) is 9.78. The summed E-state index contributed by atoms with van der Waals surface area (Å²) in [5, 5.41) is 0. The molecule has 10 heteroatoms. The monoisotopic (exact) mass is 650 g/mol. The average molecular weight is 651 g/mol. The van der Waals surface area contributed by atoms with Gasteiger partial charge in [0, 0.05) is 54.3 Å². The number of carbonyl (C=O) groups excluding carboxylic acids is 1. The molecular formula is C35H42N2O6S2. The fourth-order valence-electron chi connectivity index (χ4n) is 4.53. The lowest BCUT2D eigenvalue weighted by molar-refractivity contribution is -0.157. The molecule has 0 saturated heterocycles. The molecule has 0 spiro atoms. The van der Waals surface area contributed by atoms with Gasteiger partial charge in [-0.2, -0.15) is 8.42 Å². The van der Waals surface area contributed by atoms with E-state index in [4.69, 9.17) is 13.1 Å². The molecule has 0 aliphatic heterocycles. The summed E-state index contributed by atoms with van der Waals surface area (Å²) in [4.78, 5) is 18.3. The largest absolute Gasteiger partial charge is 0.482 e. The SMILES string of the molecule is Cc1ccc(S(=O)(=O)OS(c2ccc(OCC(=O)OC(C)(C)C)cc2)(c2cccc(N(C)C)c2)c2cccc(N(C)C)c2)cc1. The van der Waals surface area contributed by atoms with E-state index in [0.29, 0.717) is 20.4 Å². The molecule has 0 heterocycles. The summed E-state index contributed by atoms with van der Waals surface area (Å²) in [6.07, 6.45) is 0. The number of esters is 1. The number of anilines is 2. The lowest BCUT2D eigenvalue weighted by Gasteiger charge is -2.40. The van der Waals surface area contributed by atoms with E-state index in [0.717, 1.165) is 16.9 Å². The summed E-state index contributed by atoms with van der Waals surface area (Å²) in [6, 6.07) is 29.2. The normalized spacial score (nSPS) is 12.4. The molecule has 0 aromatic heterocycles. The molecule has 240 valence electrons. The highest BCUT2D eigenvalue weighted by Gasteiger charge is 2.39. The second-order valence-corrected chi connectivity index (χ2v) is 16.5. The van der Waals surface area contributed by atoms with E-state index >= 15 is 0 Å². The summed E-state index contributed by atoms with van der Waals surface area (Å²) in [6.45, 7) is 7.03. The minimum atomic E-state index is -4.28. The molecule has 4 aromatic carbocycles. The maximum Gasteiger partial charge on any atom is 0.344 e. The van der Waals surface area contributed by atoms with Gasteiger partial charge in [0.15, 0.2) is 6.61 Å². The van der Waals surface area contributed by atoms with Gasteiger partial charge in [-0.3, -0.25) is 0 Å². The Hall–Kier alpha value is -3.99. The smallest absolute Gasteiger partial charge is 0.344 e. The highest BCUT2D eigenvalue weighted by atomic mass is 32.3. The molecule has 8 nitrogen and oxygen atoms in total. The van der Waals surface area contributed by atoms with Crippen molar-refractivity contribution in [3.63, 3.8) is 0 Å². The predicted octanol–water partition coefficient (Wildman–Crippen LogP) is 7.45. The van der Waals surface area contributed by atoms with Gasteiger partial charge in [0.05, 0.1) is 4.90 Å². The minimum absolute atomic E-state index is 0.0646. The molecule has 4 rings (SSSR count). The molecule has 0 amide bonds. The third-order valence-corrected chi connectivity index (χ3v) is 11.9. The van der Waals surface area contributed by atoms with Crippen molar-refractivity contribution in [3.05, 3.63) is 103 Å². The van der Waals surface area contributed by atoms with E-state index in [1.807, 2.05) is 93.4 Å². The van der Waals surface area contributed by atoms with Crippen LogP contribution < -0.4 is 14.5 Å². The van der Waals surface area contributed by atoms with E-state index in [2.05, 4.69) is 0 Å². The van der Waals surface area contributed by atoms with Crippen molar-refractivity contribution in [3.8, 4) is 5.75 Å². The first-order valence-electron chi connectivity index (χ1n) is 14.5. The van der Waals surface area contributed by atoms with E-state index in [1.165, 1.54) is 0 Å². The van der Waals surface area contributed by atoms with Crippen LogP contribution in [0.3, 0.4) is 0 Å². The molecule has 0 atom stereocenters. The van der Waals surface area contributed by atoms with Gasteiger partial charge in [0.25, 0.3) is 0 Å². The lowest BCUT2D eigenvalue weighted by atomic mass is 10.2. The number of hydrogen-bond acceptors (Lipinski definition) is 8. The Labute approximate surface area is 269 Å². The molecule has 0 fully saturated rings. The molecule has 0 radical (unpaired) electrons. The Morgan fingerprint density at radius 1 is 0.689 bits per heavy atom. The van der Waals surface area contributed by atoms with Gasteiger partial charge in [-0.1, -0.05) is 29.8 Å². The predicted molar refractivity (Wildman–Crippen MR) is 181 cm³/mol. The Bertz CT molecular complexity index is 1680. The van der Waals surface area contributed by atoms with Crippen LogP contribution in [0.15, 0.2) is 117 Å². The third kappa shape index (κ3) is 8.19. The van der Waals surface area contributed by atoms with Gasteiger partial charge >= 0.3 is 16.1 Å². The maximum atomic E-state index is 14.2. The van der Waals surface area contributed by atoms with Crippen molar-refractivity contribution >= 4 is 37.8 Å². The number of carbonyl (C=O) groups is 1. The second-order valence-electron chi connectivity index (χ2n) is 12.0. The van der Waals surface area contributed by atoms with Crippen molar-refractivity contribution < 1.29 is 26.3 Å². The Balaban J connectivity index is 1.93. The lowest BCUT2D eigenvalue weighted by Crippen LogP contribution is -2.27. The second kappa shape index (κ2) is 13.6. The van der Waals surface area contributed by atoms with E-state index in [9.17, 15) is 13.2 Å². The van der Waals surface area contributed by atoms with Crippen LogP contribution in [-0.2, 0) is 23.3 Å². The topological polar surface area (TPSA) is 85.4 Å². The number of ether oxygens (including phenoxy) is 2. The summed E-state index contributed by atoms with van der Waals surface area (Å²) in [7, 11) is 0.538. The molecule has 0 unspecified atom stereocenters. The molecule has 4 aromatic rings. The van der Waals surface area contributed by atoms with Crippen LogP contribution in [0.4, 0.5) is 11.4 Å². The average Bonchev–Trinajstić information content (AvgIpc) is 2.98. The first-order valence-corrected chi connectivity index (χ1v) is 17.4. The zero-order valence-electron chi connectivity index (χ0n) is 27.1. The van der Waals surface area contributed by atoms with Crippen molar-refractivity contribution in [2.24, 2.45) is 0 Å². The van der Waals surface area contributed by atoms with Crippen molar-refractivity contribution in [1.82, 2.24) is 0 Å². The zero-order chi connectivity index (χ0) is 33.0. The van der Waals surface area contributed by atoms with Crippen LogP contribution in [-0.4, -0.2) is 54.8 Å². The standard InChI is InChI=1S/C35H42N2O6S2/c1-26-15-19-31(20-16-26)45(39,40)43-44(32-13-9-11-27(23-32)36(5)6,33-14-10-12-28(24-33)37(7)8)30-21-17-29(18-22-30)41-25-34(38)42-35(2,3)4/h9-24H,25H2,1-8H3. The Kier molecular flexibility index (Phi) is 10.2. The highest BCUT2D eigenvalue weighted by molar-refractivity contribution is 8.33. The van der Waals surface area contributed by atoms with Crippen molar-refractivity contribution in [2.75, 3.05) is 44.6 Å². The van der Waals surface area contributed by atoms with Gasteiger partial charge < -0.3 is 19.3 Å². The summed E-state index contributed by atoms with van der Waals surface area (Å²) >= 11 is 0. The first-order chi connectivity index (χ1) is 21.1. The molecule has 0 aliphatic rings. The number of aryl methyl sites for hydroxylation is 1. The van der Waals surface area contributed by atoms with E-state index in [1.54, 1.807) is 69.3 Å². The first kappa shape index (κ1) is 33.9. The number of hydrogen-bond donors (Lipinski definition) is 0. The van der Waals surface area contributed by atoms with Crippen molar-refractivity contribution in [1.29, 1.82) is 0 Å². The van der Waals surface area contributed by atoms with Gasteiger partial charge in [-0.15, -0.1) is 0 Å². The molecule has 0 aliphatic carbocycles. The molecule has 45 heavy (non-hydrogen) atoms. The Morgan fingerprint density at radius 3 is 1.64 bits per heavy atom. The zero-order valence-corrected chi connectivity index (χ0v) is 28.7. The van der Waals surface area contributed by atoms with Gasteiger partial charge in [-0.05, 0) is 111 Å². The van der Waals surface area contributed by atoms with Crippen LogP contribution in [0.25, 0.3) is 0 Å². The third-order valence-electron chi connectivity index (χ3n) is 6.77. The van der Waals surface area contributed by atoms with E-state index in [-0.39, 0.29) is 11.5 Å². The molecule has 0 saturated carbocycles.